The highest BCUT2D eigenvalue weighted by molar-refractivity contribution is 6.17. The van der Waals surface area contributed by atoms with Crippen molar-refractivity contribution < 1.29 is 13.9 Å². The van der Waals surface area contributed by atoms with Crippen molar-refractivity contribution in [2.45, 2.75) is 12.3 Å². The summed E-state index contributed by atoms with van der Waals surface area (Å²) in [5, 5.41) is 17.7. The maximum absolute atomic E-state index is 12.5. The van der Waals surface area contributed by atoms with Crippen LogP contribution in [0.4, 0.5) is 8.78 Å². The minimum atomic E-state index is -2.88. The fourth-order valence-electron chi connectivity index (χ4n) is 1.01. The van der Waals surface area contributed by atoms with Gasteiger partial charge in [-0.1, -0.05) is 0 Å². The van der Waals surface area contributed by atoms with Crippen LogP contribution in [0.15, 0.2) is 6.20 Å². The van der Waals surface area contributed by atoms with Gasteiger partial charge in [-0.2, -0.15) is 5.26 Å². The van der Waals surface area contributed by atoms with Gasteiger partial charge < -0.3 is 5.11 Å². The van der Waals surface area contributed by atoms with Gasteiger partial charge in [0.2, 0.25) is 0 Å². The molecule has 74 valence electrons. The zero-order valence-electron chi connectivity index (χ0n) is 6.84. The minimum Gasteiger partial charge on any atom is -0.505 e. The van der Waals surface area contributed by atoms with E-state index in [0.29, 0.717) is 0 Å². The van der Waals surface area contributed by atoms with Crippen molar-refractivity contribution in [3.63, 3.8) is 0 Å². The molecule has 0 saturated carbocycles. The molecule has 6 heteroatoms. The molecule has 0 amide bonds. The van der Waals surface area contributed by atoms with Crippen molar-refractivity contribution in [3.05, 3.63) is 23.0 Å². The highest BCUT2D eigenvalue weighted by Crippen LogP contribution is 2.30. The summed E-state index contributed by atoms with van der Waals surface area (Å²) < 4.78 is 25.0. The predicted octanol–water partition coefficient (Wildman–Crippen LogP) is 2.34. The Morgan fingerprint density at radius 1 is 1.64 bits per heavy atom. The van der Waals surface area contributed by atoms with E-state index < -0.39 is 23.3 Å². The molecule has 0 unspecified atom stereocenters. The average molecular weight is 219 g/mol. The Morgan fingerprint density at radius 3 is 2.71 bits per heavy atom. The normalized spacial score (nSPS) is 10.2. The summed E-state index contributed by atoms with van der Waals surface area (Å²) in [5.74, 6) is -0.786. The van der Waals surface area contributed by atoms with E-state index in [1.54, 1.807) is 0 Å². The second-order valence-electron chi connectivity index (χ2n) is 2.42. The number of nitriles is 1. The fraction of sp³-hybridized carbons (Fsp3) is 0.250. The molecule has 3 nitrogen and oxygen atoms in total. The molecule has 1 rings (SSSR count). The van der Waals surface area contributed by atoms with Crippen molar-refractivity contribution in [1.82, 2.24) is 4.98 Å². The Balaban J connectivity index is 3.46. The molecule has 0 spiro atoms. The van der Waals surface area contributed by atoms with Crippen LogP contribution < -0.4 is 0 Å². The third kappa shape index (κ3) is 1.75. The summed E-state index contributed by atoms with van der Waals surface area (Å²) in [6.45, 7) is 0. The standard InChI is InChI=1S/C8H5ClF2N2O/c9-1-5-7(8(10)11)4(2-12)6(14)3-13-5/h3,8,14H,1H2. The molecule has 0 aliphatic carbocycles. The second kappa shape index (κ2) is 4.20. The Morgan fingerprint density at radius 2 is 2.29 bits per heavy atom. The van der Waals surface area contributed by atoms with Gasteiger partial charge in [-0.05, 0) is 0 Å². The lowest BCUT2D eigenvalue weighted by Gasteiger charge is -2.07. The van der Waals surface area contributed by atoms with E-state index in [-0.39, 0.29) is 11.6 Å². The first-order valence-electron chi connectivity index (χ1n) is 3.56. The zero-order valence-corrected chi connectivity index (χ0v) is 7.59. The van der Waals surface area contributed by atoms with Gasteiger partial charge in [-0.25, -0.2) is 8.78 Å². The first-order valence-corrected chi connectivity index (χ1v) is 4.10. The third-order valence-electron chi connectivity index (χ3n) is 1.64. The summed E-state index contributed by atoms with van der Waals surface area (Å²) in [4.78, 5) is 3.51. The van der Waals surface area contributed by atoms with Gasteiger partial charge in [0.25, 0.3) is 6.43 Å². The molecule has 0 aliphatic heterocycles. The van der Waals surface area contributed by atoms with Crippen molar-refractivity contribution >= 4 is 11.6 Å². The Labute approximate surface area is 83.6 Å². The fourth-order valence-corrected chi connectivity index (χ4v) is 1.23. The van der Waals surface area contributed by atoms with Gasteiger partial charge in [0.1, 0.15) is 11.6 Å². The Bertz CT molecular complexity index is 390. The topological polar surface area (TPSA) is 56.9 Å². The van der Waals surface area contributed by atoms with E-state index in [1.807, 2.05) is 0 Å². The lowest BCUT2D eigenvalue weighted by molar-refractivity contribution is 0.149. The third-order valence-corrected chi connectivity index (χ3v) is 1.89. The van der Waals surface area contributed by atoms with Gasteiger partial charge >= 0.3 is 0 Å². The number of nitrogens with zero attached hydrogens (tertiary/aromatic N) is 2. The van der Waals surface area contributed by atoms with Crippen LogP contribution in [-0.4, -0.2) is 10.1 Å². The van der Waals surface area contributed by atoms with Crippen molar-refractivity contribution in [1.29, 1.82) is 5.26 Å². The molecular formula is C8H5ClF2N2O. The van der Waals surface area contributed by atoms with Crippen molar-refractivity contribution in [2.75, 3.05) is 0 Å². The van der Waals surface area contributed by atoms with Crippen LogP contribution in [0.5, 0.6) is 5.75 Å². The lowest BCUT2D eigenvalue weighted by Crippen LogP contribution is -2.00. The lowest BCUT2D eigenvalue weighted by atomic mass is 10.1. The number of halogens is 3. The summed E-state index contributed by atoms with van der Waals surface area (Å²) in [6, 6.07) is 1.49. The van der Waals surface area contributed by atoms with Crippen LogP contribution in [0.3, 0.4) is 0 Å². The highest BCUT2D eigenvalue weighted by Gasteiger charge is 2.21. The molecule has 1 aromatic heterocycles. The van der Waals surface area contributed by atoms with Gasteiger partial charge in [0.05, 0.1) is 23.3 Å². The summed E-state index contributed by atoms with van der Waals surface area (Å²) in [7, 11) is 0. The number of aromatic nitrogens is 1. The number of hydrogen-bond donors (Lipinski definition) is 1. The molecule has 0 atom stereocenters. The van der Waals surface area contributed by atoms with Gasteiger partial charge in [0.15, 0.2) is 5.75 Å². The highest BCUT2D eigenvalue weighted by atomic mass is 35.5. The smallest absolute Gasteiger partial charge is 0.267 e. The molecule has 0 fully saturated rings. The predicted molar refractivity (Wildman–Crippen MR) is 45.1 cm³/mol. The molecule has 1 N–H and O–H groups in total. The first kappa shape index (κ1) is 10.7. The van der Waals surface area contributed by atoms with Gasteiger partial charge in [-0.15, -0.1) is 11.6 Å². The molecule has 0 radical (unpaired) electrons. The number of pyridine rings is 1. The molecule has 14 heavy (non-hydrogen) atoms. The molecule has 0 saturated heterocycles. The van der Waals surface area contributed by atoms with Crippen molar-refractivity contribution in [2.24, 2.45) is 0 Å². The number of hydrogen-bond acceptors (Lipinski definition) is 3. The number of aromatic hydroxyl groups is 1. The van der Waals surface area contributed by atoms with Crippen LogP contribution >= 0.6 is 11.6 Å². The van der Waals surface area contributed by atoms with Crippen LogP contribution in [0.25, 0.3) is 0 Å². The quantitative estimate of drug-likeness (QED) is 0.775. The van der Waals surface area contributed by atoms with Crippen LogP contribution in [0, 0.1) is 11.3 Å². The largest absolute Gasteiger partial charge is 0.505 e. The molecule has 1 aromatic rings. The van der Waals surface area contributed by atoms with E-state index in [4.69, 9.17) is 22.0 Å². The summed E-state index contributed by atoms with van der Waals surface area (Å²) >= 11 is 5.37. The maximum atomic E-state index is 12.5. The van der Waals surface area contributed by atoms with E-state index in [0.717, 1.165) is 6.20 Å². The van der Waals surface area contributed by atoms with Gasteiger partial charge in [-0.3, -0.25) is 4.98 Å². The van der Waals surface area contributed by atoms with E-state index in [1.165, 1.54) is 6.07 Å². The SMILES string of the molecule is N#Cc1c(O)cnc(CCl)c1C(F)F. The number of rotatable bonds is 2. The molecule has 0 aromatic carbocycles. The second-order valence-corrected chi connectivity index (χ2v) is 2.69. The Kier molecular flexibility index (Phi) is 3.20. The minimum absolute atomic E-state index is 0.0870. The van der Waals surface area contributed by atoms with Crippen LogP contribution in [-0.2, 0) is 5.88 Å². The van der Waals surface area contributed by atoms with Crippen LogP contribution in [0.2, 0.25) is 0 Å². The molecule has 0 aliphatic rings. The van der Waals surface area contributed by atoms with Crippen molar-refractivity contribution in [3.8, 4) is 11.8 Å². The van der Waals surface area contributed by atoms with Gasteiger partial charge in [0, 0.05) is 0 Å². The molecular weight excluding hydrogens is 214 g/mol. The summed E-state index contributed by atoms with van der Waals surface area (Å²) in [6.07, 6.45) is -1.94. The zero-order chi connectivity index (χ0) is 10.7. The molecule has 0 bridgehead atoms. The number of alkyl halides is 3. The molecule has 1 heterocycles. The monoisotopic (exact) mass is 218 g/mol. The maximum Gasteiger partial charge on any atom is 0.267 e. The average Bonchev–Trinajstić information content (AvgIpc) is 2.17. The van der Waals surface area contributed by atoms with E-state index >= 15 is 0 Å². The van der Waals surface area contributed by atoms with Crippen LogP contribution in [0.1, 0.15) is 23.2 Å². The Hall–Kier alpha value is -1.41. The summed E-state index contributed by atoms with van der Waals surface area (Å²) in [5.41, 5.74) is -1.15. The van der Waals surface area contributed by atoms with E-state index in [2.05, 4.69) is 4.98 Å². The first-order chi connectivity index (χ1) is 6.61. The van der Waals surface area contributed by atoms with E-state index in [9.17, 15) is 8.78 Å².